The number of rotatable bonds is 57. The second kappa shape index (κ2) is 57.9. The Bertz CT molecular complexity index is 1060. The summed E-state index contributed by atoms with van der Waals surface area (Å²) in [4.78, 5) is 24.6. The van der Waals surface area contributed by atoms with Crippen LogP contribution in [0.4, 0.5) is 0 Å². The Kier molecular flexibility index (Phi) is 56.5. The Morgan fingerprint density at radius 2 is 0.735 bits per heavy atom. The van der Waals surface area contributed by atoms with Crippen LogP contribution in [-0.4, -0.2) is 47.4 Å². The Labute approximate surface area is 424 Å². The average Bonchev–Trinajstić information content (AvgIpc) is 3.34. The van der Waals surface area contributed by atoms with Crippen LogP contribution in [0.25, 0.3) is 0 Å². The normalized spacial score (nSPS) is 12.7. The molecule has 0 aromatic carbocycles. The third-order valence-electron chi connectivity index (χ3n) is 14.3. The molecule has 0 aliphatic heterocycles. The summed E-state index contributed by atoms with van der Waals surface area (Å²) in [7, 11) is 0. The van der Waals surface area contributed by atoms with Gasteiger partial charge in [-0.3, -0.25) is 9.59 Å². The van der Waals surface area contributed by atoms with Crippen LogP contribution in [0.1, 0.15) is 335 Å². The monoisotopic (exact) mass is 958 g/mol. The standard InChI is InChI=1S/C62H119NO5/c1-3-5-7-9-11-13-15-17-19-21-23-28-32-36-40-44-48-52-56-62(67)68-57-53-49-45-41-37-33-29-25-24-27-31-35-39-43-47-51-55-61(66)63-59(58-64)60(65)54-50-46-42-38-34-30-26-22-20-18-16-14-12-10-8-6-4-2/h13,15,19,21,59-60,64-65H,3-12,14,16-18,20,22-58H2,1-2H3,(H,63,66)/b15-13-,21-19-. The number of unbranched alkanes of at least 4 members (excludes halogenated alkanes) is 42. The van der Waals surface area contributed by atoms with E-state index >= 15 is 0 Å². The number of amides is 1. The number of aliphatic hydroxyl groups excluding tert-OH is 2. The fourth-order valence-corrected chi connectivity index (χ4v) is 9.55. The van der Waals surface area contributed by atoms with Crippen LogP contribution in [0.5, 0.6) is 0 Å². The molecular formula is C62H119NO5. The van der Waals surface area contributed by atoms with Crippen molar-refractivity contribution in [1.82, 2.24) is 5.32 Å². The van der Waals surface area contributed by atoms with E-state index in [9.17, 15) is 19.8 Å². The van der Waals surface area contributed by atoms with Gasteiger partial charge in [-0.1, -0.05) is 289 Å². The lowest BCUT2D eigenvalue weighted by Gasteiger charge is -2.22. The second-order valence-electron chi connectivity index (χ2n) is 21.0. The van der Waals surface area contributed by atoms with Crippen molar-refractivity contribution in [3.05, 3.63) is 24.3 Å². The van der Waals surface area contributed by atoms with Crippen molar-refractivity contribution in [3.8, 4) is 0 Å². The van der Waals surface area contributed by atoms with Gasteiger partial charge < -0.3 is 20.3 Å². The van der Waals surface area contributed by atoms with E-state index in [1.54, 1.807) is 0 Å². The fraction of sp³-hybridized carbons (Fsp3) is 0.903. The summed E-state index contributed by atoms with van der Waals surface area (Å²) >= 11 is 0. The van der Waals surface area contributed by atoms with Gasteiger partial charge in [-0.15, -0.1) is 0 Å². The number of aliphatic hydroxyl groups is 2. The minimum atomic E-state index is -0.669. The first-order chi connectivity index (χ1) is 33.5. The highest BCUT2D eigenvalue weighted by Crippen LogP contribution is 2.18. The number of hydrogen-bond donors (Lipinski definition) is 3. The van der Waals surface area contributed by atoms with E-state index in [1.165, 1.54) is 250 Å². The van der Waals surface area contributed by atoms with Crippen LogP contribution < -0.4 is 5.32 Å². The topological polar surface area (TPSA) is 95.9 Å². The van der Waals surface area contributed by atoms with Crippen molar-refractivity contribution in [2.75, 3.05) is 13.2 Å². The first kappa shape index (κ1) is 66.3. The number of ether oxygens (including phenoxy) is 1. The third kappa shape index (κ3) is 53.7. The molecule has 402 valence electrons. The van der Waals surface area contributed by atoms with E-state index in [0.29, 0.717) is 25.9 Å². The van der Waals surface area contributed by atoms with Gasteiger partial charge in [-0.05, 0) is 57.8 Å². The molecule has 0 radical (unpaired) electrons. The molecule has 3 N–H and O–H groups in total. The fourth-order valence-electron chi connectivity index (χ4n) is 9.55. The number of carbonyl (C=O) groups excluding carboxylic acids is 2. The van der Waals surface area contributed by atoms with E-state index in [0.717, 1.165) is 51.4 Å². The highest BCUT2D eigenvalue weighted by Gasteiger charge is 2.20. The van der Waals surface area contributed by atoms with Gasteiger partial charge in [-0.2, -0.15) is 0 Å². The van der Waals surface area contributed by atoms with Crippen molar-refractivity contribution >= 4 is 11.9 Å². The molecule has 68 heavy (non-hydrogen) atoms. The lowest BCUT2D eigenvalue weighted by atomic mass is 10.0. The van der Waals surface area contributed by atoms with E-state index < -0.39 is 12.1 Å². The van der Waals surface area contributed by atoms with Crippen molar-refractivity contribution in [2.45, 2.75) is 347 Å². The molecule has 0 saturated heterocycles. The van der Waals surface area contributed by atoms with Crippen LogP contribution in [-0.2, 0) is 14.3 Å². The highest BCUT2D eigenvalue weighted by molar-refractivity contribution is 5.76. The quantitative estimate of drug-likeness (QED) is 0.0321. The molecule has 0 heterocycles. The average molecular weight is 959 g/mol. The predicted octanol–water partition coefficient (Wildman–Crippen LogP) is 19.0. The molecule has 0 saturated carbocycles. The largest absolute Gasteiger partial charge is 0.466 e. The first-order valence-electron chi connectivity index (χ1n) is 30.6. The molecule has 0 bridgehead atoms. The summed E-state index contributed by atoms with van der Waals surface area (Å²) in [6, 6.07) is -0.547. The summed E-state index contributed by atoms with van der Waals surface area (Å²) in [5.41, 5.74) is 0. The number of esters is 1. The van der Waals surface area contributed by atoms with Gasteiger partial charge in [0.2, 0.25) is 5.91 Å². The van der Waals surface area contributed by atoms with E-state index in [4.69, 9.17) is 4.74 Å². The van der Waals surface area contributed by atoms with Gasteiger partial charge in [0, 0.05) is 12.8 Å². The van der Waals surface area contributed by atoms with Gasteiger partial charge in [-0.25, -0.2) is 0 Å². The molecule has 0 rings (SSSR count). The van der Waals surface area contributed by atoms with Crippen LogP contribution in [0, 0.1) is 0 Å². The zero-order valence-electron chi connectivity index (χ0n) is 45.9. The molecule has 2 unspecified atom stereocenters. The zero-order chi connectivity index (χ0) is 49.3. The van der Waals surface area contributed by atoms with Crippen LogP contribution >= 0.6 is 0 Å². The SMILES string of the molecule is CCCCCC/C=C\C/C=C\CCCCCCCCCC(=O)OCCCCCCCCCCCCCCCCCCC(=O)NC(CO)C(O)CCCCCCCCCCCCCCCCCCC. The van der Waals surface area contributed by atoms with Crippen molar-refractivity contribution in [2.24, 2.45) is 0 Å². The van der Waals surface area contributed by atoms with Crippen LogP contribution in [0.15, 0.2) is 24.3 Å². The van der Waals surface area contributed by atoms with Crippen molar-refractivity contribution in [3.63, 3.8) is 0 Å². The Morgan fingerprint density at radius 3 is 1.13 bits per heavy atom. The van der Waals surface area contributed by atoms with Crippen molar-refractivity contribution in [1.29, 1.82) is 0 Å². The minimum absolute atomic E-state index is 0.00349. The molecule has 0 fully saturated rings. The van der Waals surface area contributed by atoms with Gasteiger partial charge in [0.05, 0.1) is 25.4 Å². The molecule has 0 aromatic rings. The van der Waals surface area contributed by atoms with Gasteiger partial charge in [0.15, 0.2) is 0 Å². The van der Waals surface area contributed by atoms with Crippen molar-refractivity contribution < 1.29 is 24.5 Å². The molecule has 0 aromatic heterocycles. The summed E-state index contributed by atoms with van der Waals surface area (Å²) < 4.78 is 5.49. The lowest BCUT2D eigenvalue weighted by Crippen LogP contribution is -2.45. The Hall–Kier alpha value is -1.66. The molecule has 6 nitrogen and oxygen atoms in total. The van der Waals surface area contributed by atoms with Gasteiger partial charge in [0.1, 0.15) is 0 Å². The minimum Gasteiger partial charge on any atom is -0.466 e. The number of nitrogens with one attached hydrogen (secondary N) is 1. The molecule has 2 atom stereocenters. The maximum atomic E-state index is 12.5. The summed E-state index contributed by atoms with van der Waals surface area (Å²) in [5, 5.41) is 23.3. The smallest absolute Gasteiger partial charge is 0.305 e. The molecule has 0 aliphatic rings. The van der Waals surface area contributed by atoms with Gasteiger partial charge in [0.25, 0.3) is 0 Å². The van der Waals surface area contributed by atoms with Crippen LogP contribution in [0.2, 0.25) is 0 Å². The predicted molar refractivity (Wildman–Crippen MR) is 296 cm³/mol. The Balaban J connectivity index is 3.42. The summed E-state index contributed by atoms with van der Waals surface area (Å²) in [6.07, 6.45) is 70.3. The maximum absolute atomic E-state index is 12.5. The zero-order valence-corrected chi connectivity index (χ0v) is 45.9. The van der Waals surface area contributed by atoms with Crippen LogP contribution in [0.3, 0.4) is 0 Å². The molecule has 1 amide bonds. The molecular weight excluding hydrogens is 839 g/mol. The number of carbonyl (C=O) groups is 2. The van der Waals surface area contributed by atoms with Gasteiger partial charge >= 0.3 is 5.97 Å². The number of allylic oxidation sites excluding steroid dienone is 4. The molecule has 6 heteroatoms. The maximum Gasteiger partial charge on any atom is 0.305 e. The third-order valence-corrected chi connectivity index (χ3v) is 14.3. The number of hydrogen-bond acceptors (Lipinski definition) is 5. The van der Waals surface area contributed by atoms with E-state index in [2.05, 4.69) is 43.5 Å². The summed E-state index contributed by atoms with van der Waals surface area (Å²) in [6.45, 7) is 4.94. The first-order valence-corrected chi connectivity index (χ1v) is 30.6. The molecule has 0 aliphatic carbocycles. The Morgan fingerprint density at radius 1 is 0.412 bits per heavy atom. The lowest BCUT2D eigenvalue weighted by molar-refractivity contribution is -0.143. The van der Waals surface area contributed by atoms with E-state index in [-0.39, 0.29) is 18.5 Å². The van der Waals surface area contributed by atoms with E-state index in [1.807, 2.05) is 0 Å². The second-order valence-corrected chi connectivity index (χ2v) is 21.0. The highest BCUT2D eigenvalue weighted by atomic mass is 16.5. The summed E-state index contributed by atoms with van der Waals surface area (Å²) in [5.74, 6) is -0.0431. The molecule has 0 spiro atoms.